The molecule has 0 atom stereocenters. The molecule has 1 aliphatic heterocycles. The average Bonchev–Trinajstić information content (AvgIpc) is 2.48. The van der Waals surface area contributed by atoms with Gasteiger partial charge in [-0.05, 0) is 32.0 Å². The van der Waals surface area contributed by atoms with Crippen LogP contribution in [0.1, 0.15) is 19.8 Å². The van der Waals surface area contributed by atoms with E-state index in [-0.39, 0.29) is 18.2 Å². The number of nitrogens with one attached hydrogen (secondary N) is 1. The van der Waals surface area contributed by atoms with Crippen LogP contribution in [0.5, 0.6) is 5.75 Å². The number of nitro groups is 1. The van der Waals surface area contributed by atoms with Crippen molar-refractivity contribution < 1.29 is 14.5 Å². The Morgan fingerprint density at radius 3 is 2.95 bits per heavy atom. The first-order chi connectivity index (χ1) is 10.1. The zero-order valence-corrected chi connectivity index (χ0v) is 12.0. The van der Waals surface area contributed by atoms with Crippen LogP contribution in [0, 0.1) is 10.1 Å². The first kappa shape index (κ1) is 15.2. The van der Waals surface area contributed by atoms with Crippen LogP contribution in [0.4, 0.5) is 11.4 Å². The Bertz CT molecular complexity index is 533. The van der Waals surface area contributed by atoms with E-state index in [2.05, 4.69) is 12.2 Å². The minimum atomic E-state index is -0.472. The standard InChI is InChI=1S/C14H19N3O4/c1-2-6-15-7-3-8-16-12-9-11(17(19)20)4-5-13(12)21-10-14(16)18/h4-5,9,15H,2-3,6-8,10H2,1H3. The van der Waals surface area contributed by atoms with Crippen LogP contribution in [0.3, 0.4) is 0 Å². The van der Waals surface area contributed by atoms with Gasteiger partial charge in [0.2, 0.25) is 0 Å². The van der Waals surface area contributed by atoms with Crippen molar-refractivity contribution in [3.63, 3.8) is 0 Å². The lowest BCUT2D eigenvalue weighted by molar-refractivity contribution is -0.384. The number of amides is 1. The van der Waals surface area contributed by atoms with Gasteiger partial charge < -0.3 is 15.0 Å². The predicted molar refractivity (Wildman–Crippen MR) is 78.7 cm³/mol. The molecule has 0 saturated carbocycles. The molecule has 0 aliphatic carbocycles. The lowest BCUT2D eigenvalue weighted by atomic mass is 10.2. The molecule has 0 bridgehead atoms. The van der Waals surface area contributed by atoms with Crippen molar-refractivity contribution in [3.8, 4) is 5.75 Å². The summed E-state index contributed by atoms with van der Waals surface area (Å²) < 4.78 is 5.32. The van der Waals surface area contributed by atoms with Crippen LogP contribution in [0.2, 0.25) is 0 Å². The molecule has 0 radical (unpaired) electrons. The van der Waals surface area contributed by atoms with E-state index in [1.807, 2.05) is 0 Å². The van der Waals surface area contributed by atoms with Crippen LogP contribution in [-0.4, -0.2) is 37.1 Å². The molecule has 0 fully saturated rings. The number of ether oxygens (including phenoxy) is 1. The van der Waals surface area contributed by atoms with Crippen molar-refractivity contribution in [1.29, 1.82) is 0 Å². The zero-order chi connectivity index (χ0) is 15.2. The highest BCUT2D eigenvalue weighted by atomic mass is 16.6. The topological polar surface area (TPSA) is 84.7 Å². The Balaban J connectivity index is 2.09. The maximum absolute atomic E-state index is 12.0. The second kappa shape index (κ2) is 7.03. The molecule has 1 aliphatic rings. The molecular formula is C14H19N3O4. The van der Waals surface area contributed by atoms with Crippen LogP contribution >= 0.6 is 0 Å². The fourth-order valence-electron chi connectivity index (χ4n) is 2.21. The molecule has 0 saturated heterocycles. The summed E-state index contributed by atoms with van der Waals surface area (Å²) in [6, 6.07) is 4.32. The summed E-state index contributed by atoms with van der Waals surface area (Å²) >= 11 is 0. The van der Waals surface area contributed by atoms with E-state index in [0.717, 1.165) is 25.9 Å². The fourth-order valence-corrected chi connectivity index (χ4v) is 2.21. The molecule has 1 heterocycles. The van der Waals surface area contributed by atoms with Crippen molar-refractivity contribution in [1.82, 2.24) is 5.32 Å². The number of nitrogens with zero attached hydrogens (tertiary/aromatic N) is 2. The molecule has 7 heteroatoms. The van der Waals surface area contributed by atoms with E-state index < -0.39 is 4.92 Å². The molecular weight excluding hydrogens is 274 g/mol. The number of hydrogen-bond donors (Lipinski definition) is 1. The Morgan fingerprint density at radius 2 is 2.24 bits per heavy atom. The minimum absolute atomic E-state index is 0.0206. The highest BCUT2D eigenvalue weighted by Gasteiger charge is 2.27. The van der Waals surface area contributed by atoms with Crippen molar-refractivity contribution in [2.45, 2.75) is 19.8 Å². The fraction of sp³-hybridized carbons (Fsp3) is 0.500. The Labute approximate surface area is 123 Å². The second-order valence-electron chi connectivity index (χ2n) is 4.85. The van der Waals surface area contributed by atoms with Crippen LogP contribution in [0.25, 0.3) is 0 Å². The van der Waals surface area contributed by atoms with Crippen LogP contribution in [0.15, 0.2) is 18.2 Å². The van der Waals surface area contributed by atoms with E-state index in [1.165, 1.54) is 12.1 Å². The summed E-state index contributed by atoms with van der Waals surface area (Å²) in [6.07, 6.45) is 1.85. The zero-order valence-electron chi connectivity index (χ0n) is 12.0. The van der Waals surface area contributed by atoms with Gasteiger partial charge in [-0.1, -0.05) is 6.92 Å². The molecule has 1 N–H and O–H groups in total. The monoisotopic (exact) mass is 293 g/mol. The van der Waals surface area contributed by atoms with Crippen LogP contribution < -0.4 is 15.0 Å². The Kier molecular flexibility index (Phi) is 5.10. The summed E-state index contributed by atoms with van der Waals surface area (Å²) in [4.78, 5) is 23.9. The molecule has 114 valence electrons. The van der Waals surface area contributed by atoms with E-state index in [0.29, 0.717) is 18.0 Å². The molecule has 1 aromatic rings. The SMILES string of the molecule is CCCNCCCN1C(=O)COc2ccc([N+](=O)[O-])cc21. The van der Waals surface area contributed by atoms with E-state index in [9.17, 15) is 14.9 Å². The highest BCUT2D eigenvalue weighted by molar-refractivity contribution is 5.98. The van der Waals surface area contributed by atoms with Gasteiger partial charge in [-0.3, -0.25) is 14.9 Å². The Hall–Kier alpha value is -2.15. The molecule has 7 nitrogen and oxygen atoms in total. The van der Waals surface area contributed by atoms with E-state index in [1.54, 1.807) is 11.0 Å². The first-order valence-electron chi connectivity index (χ1n) is 7.05. The number of nitro benzene ring substituents is 1. The number of benzene rings is 1. The molecule has 1 amide bonds. The lowest BCUT2D eigenvalue weighted by Gasteiger charge is -2.29. The molecule has 2 rings (SSSR count). The molecule has 0 aromatic heterocycles. The predicted octanol–water partition coefficient (Wildman–Crippen LogP) is 1.71. The second-order valence-corrected chi connectivity index (χ2v) is 4.85. The van der Waals surface area contributed by atoms with Crippen molar-refractivity contribution in [3.05, 3.63) is 28.3 Å². The quantitative estimate of drug-likeness (QED) is 0.470. The summed E-state index contributed by atoms with van der Waals surface area (Å²) in [5.74, 6) is 0.347. The van der Waals surface area contributed by atoms with E-state index in [4.69, 9.17) is 4.74 Å². The van der Waals surface area contributed by atoms with Crippen molar-refractivity contribution >= 4 is 17.3 Å². The maximum Gasteiger partial charge on any atom is 0.271 e. The van der Waals surface area contributed by atoms with Gasteiger partial charge in [0.05, 0.1) is 10.6 Å². The van der Waals surface area contributed by atoms with Gasteiger partial charge in [0.25, 0.3) is 11.6 Å². The van der Waals surface area contributed by atoms with Gasteiger partial charge in [-0.25, -0.2) is 0 Å². The van der Waals surface area contributed by atoms with Gasteiger partial charge in [0, 0.05) is 18.7 Å². The van der Waals surface area contributed by atoms with E-state index >= 15 is 0 Å². The minimum Gasteiger partial charge on any atom is -0.482 e. The number of non-ortho nitro benzene ring substituents is 1. The maximum atomic E-state index is 12.0. The smallest absolute Gasteiger partial charge is 0.271 e. The molecule has 0 spiro atoms. The Morgan fingerprint density at radius 1 is 1.43 bits per heavy atom. The van der Waals surface area contributed by atoms with Gasteiger partial charge in [-0.15, -0.1) is 0 Å². The third kappa shape index (κ3) is 3.69. The number of fused-ring (bicyclic) bond motifs is 1. The third-order valence-electron chi connectivity index (χ3n) is 3.26. The highest BCUT2D eigenvalue weighted by Crippen LogP contribution is 2.35. The summed E-state index contributed by atoms with van der Waals surface area (Å²) in [5.41, 5.74) is 0.442. The van der Waals surface area contributed by atoms with Gasteiger partial charge >= 0.3 is 0 Å². The molecule has 0 unspecified atom stereocenters. The number of carbonyl (C=O) groups excluding carboxylic acids is 1. The third-order valence-corrected chi connectivity index (χ3v) is 3.26. The van der Waals surface area contributed by atoms with Crippen LogP contribution in [-0.2, 0) is 4.79 Å². The number of rotatable bonds is 7. The number of hydrogen-bond acceptors (Lipinski definition) is 5. The summed E-state index contributed by atoms with van der Waals surface area (Å²) in [6.45, 7) is 4.34. The first-order valence-corrected chi connectivity index (χ1v) is 7.05. The van der Waals surface area contributed by atoms with Gasteiger partial charge in [0.1, 0.15) is 5.75 Å². The molecule has 1 aromatic carbocycles. The average molecular weight is 293 g/mol. The molecule has 21 heavy (non-hydrogen) atoms. The summed E-state index contributed by atoms with van der Waals surface area (Å²) in [7, 11) is 0. The lowest BCUT2D eigenvalue weighted by Crippen LogP contribution is -2.40. The summed E-state index contributed by atoms with van der Waals surface area (Å²) in [5, 5.41) is 14.1. The van der Waals surface area contributed by atoms with Crippen molar-refractivity contribution in [2.75, 3.05) is 31.1 Å². The largest absolute Gasteiger partial charge is 0.482 e. The van der Waals surface area contributed by atoms with Crippen molar-refractivity contribution in [2.24, 2.45) is 0 Å². The van der Waals surface area contributed by atoms with Gasteiger partial charge in [0.15, 0.2) is 6.61 Å². The normalized spacial score (nSPS) is 13.8. The number of carbonyl (C=O) groups is 1. The number of anilines is 1. The van der Waals surface area contributed by atoms with Gasteiger partial charge in [-0.2, -0.15) is 0 Å².